The third-order valence-electron chi connectivity index (χ3n) is 2.40. The molecule has 0 heterocycles. The van der Waals surface area contributed by atoms with Crippen molar-refractivity contribution in [3.8, 4) is 0 Å². The number of hydrogen-bond acceptors (Lipinski definition) is 2. The summed E-state index contributed by atoms with van der Waals surface area (Å²) in [7, 11) is -1.52. The highest BCUT2D eigenvalue weighted by Crippen LogP contribution is 2.19. The van der Waals surface area contributed by atoms with Crippen molar-refractivity contribution in [3.63, 3.8) is 0 Å². The average Bonchev–Trinajstić information content (AvgIpc) is 2.13. The molecule has 0 aromatic carbocycles. The maximum Gasteiger partial charge on any atom is 0.184 e. The van der Waals surface area contributed by atoms with Crippen molar-refractivity contribution in [3.05, 3.63) is 0 Å². The Morgan fingerprint density at radius 1 is 1.27 bits per heavy atom. The Labute approximate surface area is 95.5 Å². The minimum Gasteiger partial charge on any atom is -0.414 e. The van der Waals surface area contributed by atoms with Crippen LogP contribution in [0.1, 0.15) is 39.5 Å². The van der Waals surface area contributed by atoms with Gasteiger partial charge in [-0.15, -0.1) is 0 Å². The molecule has 0 bridgehead atoms. The van der Waals surface area contributed by atoms with E-state index in [0.717, 1.165) is 12.7 Å². The first kappa shape index (κ1) is 14.8. The molecular formula is C12H26O2Si. The lowest BCUT2D eigenvalue weighted by molar-refractivity contribution is -0.113. The molecule has 0 aromatic heterocycles. The minimum absolute atomic E-state index is 0.0357. The van der Waals surface area contributed by atoms with Crippen molar-refractivity contribution < 1.29 is 9.22 Å². The van der Waals surface area contributed by atoms with Crippen LogP contribution in [0.4, 0.5) is 0 Å². The second kappa shape index (κ2) is 7.18. The summed E-state index contributed by atoms with van der Waals surface area (Å²) in [5.41, 5.74) is 0. The van der Waals surface area contributed by atoms with Crippen LogP contribution in [-0.4, -0.2) is 20.7 Å². The van der Waals surface area contributed by atoms with E-state index < -0.39 is 8.32 Å². The third-order valence-corrected chi connectivity index (χ3v) is 3.41. The number of unbranched alkanes of at least 4 members (excludes halogenated alkanes) is 2. The second-order valence-electron chi connectivity index (χ2n) is 5.26. The summed E-state index contributed by atoms with van der Waals surface area (Å²) in [6.07, 6.45) is 5.81. The van der Waals surface area contributed by atoms with Gasteiger partial charge in [-0.05, 0) is 26.1 Å². The summed E-state index contributed by atoms with van der Waals surface area (Å²) in [6.45, 7) is 10.7. The molecule has 0 aliphatic rings. The molecular weight excluding hydrogens is 204 g/mol. The quantitative estimate of drug-likeness (QED) is 0.362. The first-order valence-electron chi connectivity index (χ1n) is 6.03. The lowest BCUT2D eigenvalue weighted by Crippen LogP contribution is -2.36. The van der Waals surface area contributed by atoms with Gasteiger partial charge in [0.2, 0.25) is 0 Å². The first-order valence-corrected chi connectivity index (χ1v) is 9.44. The molecule has 0 amide bonds. The number of hydrogen-bond donors (Lipinski definition) is 0. The topological polar surface area (TPSA) is 26.3 Å². The molecule has 0 rings (SSSR count). The van der Waals surface area contributed by atoms with Gasteiger partial charge in [-0.25, -0.2) is 0 Å². The van der Waals surface area contributed by atoms with Crippen LogP contribution in [0.5, 0.6) is 0 Å². The van der Waals surface area contributed by atoms with Gasteiger partial charge in [0.15, 0.2) is 8.32 Å². The fourth-order valence-corrected chi connectivity index (χ4v) is 2.81. The molecule has 0 aromatic rings. The normalized spacial score (nSPS) is 16.1. The Balaban J connectivity index is 4.12. The van der Waals surface area contributed by atoms with E-state index in [9.17, 15) is 4.79 Å². The summed E-state index contributed by atoms with van der Waals surface area (Å²) in [4.78, 5) is 10.8. The van der Waals surface area contributed by atoms with Crippen molar-refractivity contribution in [2.45, 2.75) is 65.3 Å². The van der Waals surface area contributed by atoms with Gasteiger partial charge in [0.1, 0.15) is 6.29 Å². The highest BCUT2D eigenvalue weighted by atomic mass is 28.4. The zero-order chi connectivity index (χ0) is 11.9. The molecule has 0 fully saturated rings. The third kappa shape index (κ3) is 7.74. The Morgan fingerprint density at radius 2 is 1.87 bits per heavy atom. The number of carbonyl (C=O) groups excluding carboxylic acids is 1. The molecule has 2 nitrogen and oxygen atoms in total. The summed E-state index contributed by atoms with van der Waals surface area (Å²) < 4.78 is 6.04. The van der Waals surface area contributed by atoms with Crippen molar-refractivity contribution in [2.75, 3.05) is 0 Å². The van der Waals surface area contributed by atoms with E-state index in [2.05, 4.69) is 26.6 Å². The van der Waals surface area contributed by atoms with Gasteiger partial charge in [0.05, 0.1) is 6.10 Å². The number of aldehydes is 1. The first-order chi connectivity index (χ1) is 6.90. The summed E-state index contributed by atoms with van der Waals surface area (Å²) >= 11 is 0. The summed E-state index contributed by atoms with van der Waals surface area (Å²) in [6, 6.07) is 0. The fourth-order valence-electron chi connectivity index (χ4n) is 1.57. The molecule has 0 saturated heterocycles. The summed E-state index contributed by atoms with van der Waals surface area (Å²) in [5.74, 6) is 0.0357. The van der Waals surface area contributed by atoms with Crippen molar-refractivity contribution in [2.24, 2.45) is 5.92 Å². The molecule has 3 heteroatoms. The maximum atomic E-state index is 10.8. The second-order valence-corrected chi connectivity index (χ2v) is 9.72. The highest BCUT2D eigenvalue weighted by molar-refractivity contribution is 6.69. The van der Waals surface area contributed by atoms with Crippen molar-refractivity contribution in [1.29, 1.82) is 0 Å². The van der Waals surface area contributed by atoms with Crippen LogP contribution in [0.3, 0.4) is 0 Å². The van der Waals surface area contributed by atoms with Gasteiger partial charge in [-0.1, -0.05) is 33.1 Å². The summed E-state index contributed by atoms with van der Waals surface area (Å²) in [5, 5.41) is 0. The molecule has 0 aliphatic heterocycles. The molecule has 0 N–H and O–H groups in total. The van der Waals surface area contributed by atoms with Gasteiger partial charge < -0.3 is 9.22 Å². The monoisotopic (exact) mass is 230 g/mol. The fraction of sp³-hybridized carbons (Fsp3) is 0.917. The Hall–Kier alpha value is -0.153. The zero-order valence-corrected chi connectivity index (χ0v) is 11.9. The molecule has 0 aliphatic carbocycles. The van der Waals surface area contributed by atoms with Crippen LogP contribution in [0.15, 0.2) is 0 Å². The van der Waals surface area contributed by atoms with E-state index in [4.69, 9.17) is 4.43 Å². The molecule has 0 radical (unpaired) electrons. The predicted octanol–water partition coefficient (Wildman–Crippen LogP) is 3.62. The average molecular weight is 230 g/mol. The van der Waals surface area contributed by atoms with E-state index in [1.807, 2.05) is 6.92 Å². The van der Waals surface area contributed by atoms with E-state index >= 15 is 0 Å². The largest absolute Gasteiger partial charge is 0.414 e. The van der Waals surface area contributed by atoms with Crippen LogP contribution in [0.25, 0.3) is 0 Å². The van der Waals surface area contributed by atoms with Crippen molar-refractivity contribution in [1.82, 2.24) is 0 Å². The van der Waals surface area contributed by atoms with Gasteiger partial charge >= 0.3 is 0 Å². The van der Waals surface area contributed by atoms with E-state index in [1.54, 1.807) is 0 Å². The molecule has 90 valence electrons. The lowest BCUT2D eigenvalue weighted by atomic mass is 10.0. The number of rotatable bonds is 8. The molecule has 15 heavy (non-hydrogen) atoms. The smallest absolute Gasteiger partial charge is 0.184 e. The van der Waals surface area contributed by atoms with Gasteiger partial charge in [-0.3, -0.25) is 0 Å². The van der Waals surface area contributed by atoms with Crippen molar-refractivity contribution >= 4 is 14.6 Å². The predicted molar refractivity (Wildman–Crippen MR) is 67.6 cm³/mol. The van der Waals surface area contributed by atoms with E-state index in [-0.39, 0.29) is 12.0 Å². The highest BCUT2D eigenvalue weighted by Gasteiger charge is 2.24. The zero-order valence-electron chi connectivity index (χ0n) is 10.9. The molecule has 0 unspecified atom stereocenters. The number of carbonyl (C=O) groups is 1. The Morgan fingerprint density at radius 3 is 2.27 bits per heavy atom. The van der Waals surface area contributed by atoms with Gasteiger partial charge in [0.25, 0.3) is 0 Å². The standard InChI is InChI=1S/C12H26O2Si/c1-6-7-8-9-12(11(2)10-13)14-15(3,4)5/h10-12H,6-9H2,1-5H3/t11-,12+/m0/s1. The molecule has 0 spiro atoms. The van der Waals surface area contributed by atoms with E-state index in [0.29, 0.717) is 0 Å². The molecule has 0 saturated carbocycles. The molecule has 2 atom stereocenters. The minimum atomic E-state index is -1.52. The van der Waals surface area contributed by atoms with Gasteiger partial charge in [-0.2, -0.15) is 0 Å². The van der Waals surface area contributed by atoms with Gasteiger partial charge in [0, 0.05) is 5.92 Å². The lowest BCUT2D eigenvalue weighted by Gasteiger charge is -2.28. The Bertz CT molecular complexity index is 175. The van der Waals surface area contributed by atoms with Crippen LogP contribution < -0.4 is 0 Å². The van der Waals surface area contributed by atoms with Crippen LogP contribution in [-0.2, 0) is 9.22 Å². The SMILES string of the molecule is CCCCC[C@@H](O[Si](C)(C)C)[C@@H](C)C=O. The Kier molecular flexibility index (Phi) is 7.10. The van der Waals surface area contributed by atoms with Crippen LogP contribution in [0, 0.1) is 5.92 Å². The van der Waals surface area contributed by atoms with Crippen LogP contribution >= 0.6 is 0 Å². The van der Waals surface area contributed by atoms with E-state index in [1.165, 1.54) is 19.3 Å². The van der Waals surface area contributed by atoms with Crippen LogP contribution in [0.2, 0.25) is 19.6 Å². The maximum absolute atomic E-state index is 10.8.